The number of halogens is 1. The van der Waals surface area contributed by atoms with Crippen molar-refractivity contribution in [1.29, 1.82) is 0 Å². The van der Waals surface area contributed by atoms with E-state index in [2.05, 4.69) is 20.5 Å². The van der Waals surface area contributed by atoms with Crippen molar-refractivity contribution in [2.45, 2.75) is 39.3 Å². The summed E-state index contributed by atoms with van der Waals surface area (Å²) in [5.74, 6) is -0.240. The van der Waals surface area contributed by atoms with Gasteiger partial charge >= 0.3 is 0 Å². The molecular formula is C22H27FN4O2. The average molecular weight is 398 g/mol. The van der Waals surface area contributed by atoms with Gasteiger partial charge < -0.3 is 15.5 Å². The molecule has 1 unspecified atom stereocenters. The van der Waals surface area contributed by atoms with E-state index in [0.717, 1.165) is 24.5 Å². The molecule has 3 rings (SSSR count). The van der Waals surface area contributed by atoms with E-state index in [0.29, 0.717) is 12.1 Å². The Morgan fingerprint density at radius 2 is 1.83 bits per heavy atom. The molecule has 0 bridgehead atoms. The smallest absolute Gasteiger partial charge is 0.251 e. The number of benzene rings is 1. The van der Waals surface area contributed by atoms with Gasteiger partial charge in [-0.15, -0.1) is 0 Å². The molecule has 1 atom stereocenters. The van der Waals surface area contributed by atoms with E-state index in [1.165, 1.54) is 37.1 Å². The fourth-order valence-electron chi connectivity index (χ4n) is 3.35. The summed E-state index contributed by atoms with van der Waals surface area (Å²) in [5.41, 5.74) is 1.27. The Labute approximate surface area is 170 Å². The van der Waals surface area contributed by atoms with E-state index in [9.17, 15) is 14.0 Å². The first-order valence-corrected chi connectivity index (χ1v) is 9.98. The Kier molecular flexibility index (Phi) is 6.80. The lowest BCUT2D eigenvalue weighted by atomic mass is 10.0. The number of carbonyl (C=O) groups is 2. The van der Waals surface area contributed by atoms with Gasteiger partial charge in [0.25, 0.3) is 5.91 Å². The molecular weight excluding hydrogens is 371 g/mol. The van der Waals surface area contributed by atoms with Crippen LogP contribution in [0.1, 0.15) is 42.6 Å². The molecule has 7 heteroatoms. The Hall–Kier alpha value is -2.96. The van der Waals surface area contributed by atoms with Gasteiger partial charge in [0.1, 0.15) is 17.7 Å². The second-order valence-corrected chi connectivity index (χ2v) is 7.64. The lowest BCUT2D eigenvalue weighted by Gasteiger charge is -2.22. The van der Waals surface area contributed by atoms with Crippen LogP contribution in [0, 0.1) is 11.7 Å². The summed E-state index contributed by atoms with van der Waals surface area (Å²) in [4.78, 5) is 31.8. The normalized spacial score (nSPS) is 14.7. The van der Waals surface area contributed by atoms with Crippen LogP contribution in [0.4, 0.5) is 10.2 Å². The van der Waals surface area contributed by atoms with Crippen LogP contribution in [0.15, 0.2) is 42.6 Å². The molecule has 0 aliphatic carbocycles. The second-order valence-electron chi connectivity index (χ2n) is 7.64. The molecule has 1 aromatic heterocycles. The number of rotatable bonds is 7. The van der Waals surface area contributed by atoms with Gasteiger partial charge in [0.2, 0.25) is 5.91 Å². The highest BCUT2D eigenvalue weighted by Gasteiger charge is 2.24. The number of aromatic nitrogens is 1. The number of anilines is 1. The molecule has 0 spiro atoms. The molecule has 1 fully saturated rings. The van der Waals surface area contributed by atoms with E-state index in [1.807, 2.05) is 26.0 Å². The van der Waals surface area contributed by atoms with Crippen molar-refractivity contribution in [3.8, 4) is 0 Å². The second kappa shape index (κ2) is 9.49. The third-order valence-corrected chi connectivity index (χ3v) is 5.05. The van der Waals surface area contributed by atoms with E-state index in [-0.39, 0.29) is 11.8 Å². The first kappa shape index (κ1) is 20.8. The van der Waals surface area contributed by atoms with Gasteiger partial charge in [-0.2, -0.15) is 0 Å². The predicted molar refractivity (Wildman–Crippen MR) is 110 cm³/mol. The molecule has 1 aromatic carbocycles. The highest BCUT2D eigenvalue weighted by Crippen LogP contribution is 2.18. The zero-order valence-electron chi connectivity index (χ0n) is 16.8. The summed E-state index contributed by atoms with van der Waals surface area (Å²) in [6.45, 7) is 6.11. The summed E-state index contributed by atoms with van der Waals surface area (Å²) < 4.78 is 13.1. The molecule has 1 aliphatic heterocycles. The Bertz CT molecular complexity index is 848. The Morgan fingerprint density at radius 3 is 2.48 bits per heavy atom. The van der Waals surface area contributed by atoms with Crippen molar-refractivity contribution in [2.24, 2.45) is 5.92 Å². The summed E-state index contributed by atoms with van der Waals surface area (Å²) >= 11 is 0. The van der Waals surface area contributed by atoms with Gasteiger partial charge in [0, 0.05) is 31.4 Å². The third-order valence-electron chi connectivity index (χ3n) is 5.05. The minimum atomic E-state index is -0.688. The van der Waals surface area contributed by atoms with Crippen molar-refractivity contribution < 1.29 is 14.0 Å². The molecule has 2 aromatic rings. The summed E-state index contributed by atoms with van der Waals surface area (Å²) in [6.07, 6.45) is 4.10. The lowest BCUT2D eigenvalue weighted by molar-refractivity contribution is -0.124. The maximum Gasteiger partial charge on any atom is 0.251 e. The molecule has 0 saturated carbocycles. The van der Waals surface area contributed by atoms with Crippen LogP contribution in [-0.2, 0) is 11.3 Å². The maximum absolute atomic E-state index is 13.1. The Balaban J connectivity index is 1.60. The van der Waals surface area contributed by atoms with Gasteiger partial charge in [-0.1, -0.05) is 13.8 Å². The van der Waals surface area contributed by atoms with Crippen LogP contribution in [0.3, 0.4) is 0 Å². The van der Waals surface area contributed by atoms with Gasteiger partial charge in [0.15, 0.2) is 0 Å². The number of amides is 2. The SMILES string of the molecule is CC(C)C(NC(=O)c1ccc(F)cc1)C(=O)NCc1ccnc(N2CCCC2)c1. The van der Waals surface area contributed by atoms with Crippen molar-refractivity contribution in [2.75, 3.05) is 18.0 Å². The van der Waals surface area contributed by atoms with E-state index in [1.54, 1.807) is 6.20 Å². The molecule has 1 aliphatic rings. The van der Waals surface area contributed by atoms with E-state index < -0.39 is 17.8 Å². The van der Waals surface area contributed by atoms with Gasteiger partial charge in [0.05, 0.1) is 0 Å². The standard InChI is InChI=1S/C22H27FN4O2/c1-15(2)20(26-21(28)17-5-7-18(23)8-6-17)22(29)25-14-16-9-10-24-19(13-16)27-11-3-4-12-27/h5-10,13,15,20H,3-4,11-12,14H2,1-2H3,(H,25,29)(H,26,28). The predicted octanol–water partition coefficient (Wildman–Crippen LogP) is 2.89. The number of pyridine rings is 1. The van der Waals surface area contributed by atoms with Gasteiger partial charge in [-0.25, -0.2) is 9.37 Å². The number of hydrogen-bond donors (Lipinski definition) is 2. The molecule has 6 nitrogen and oxygen atoms in total. The number of carbonyl (C=O) groups excluding carboxylic acids is 2. The van der Waals surface area contributed by atoms with Crippen molar-refractivity contribution in [3.63, 3.8) is 0 Å². The van der Waals surface area contributed by atoms with Crippen LogP contribution in [-0.4, -0.2) is 35.9 Å². The highest BCUT2D eigenvalue weighted by molar-refractivity contribution is 5.97. The van der Waals surface area contributed by atoms with E-state index in [4.69, 9.17) is 0 Å². The molecule has 1 saturated heterocycles. The monoisotopic (exact) mass is 398 g/mol. The minimum Gasteiger partial charge on any atom is -0.357 e. The molecule has 2 amide bonds. The highest BCUT2D eigenvalue weighted by atomic mass is 19.1. The number of nitrogens with one attached hydrogen (secondary N) is 2. The maximum atomic E-state index is 13.1. The quantitative estimate of drug-likeness (QED) is 0.752. The van der Waals surface area contributed by atoms with Gasteiger partial charge in [-0.3, -0.25) is 9.59 Å². The first-order valence-electron chi connectivity index (χ1n) is 9.98. The first-order chi connectivity index (χ1) is 13.9. The fraction of sp³-hybridized carbons (Fsp3) is 0.409. The number of hydrogen-bond acceptors (Lipinski definition) is 4. The lowest BCUT2D eigenvalue weighted by Crippen LogP contribution is -2.49. The fourth-order valence-corrected chi connectivity index (χ4v) is 3.35. The minimum absolute atomic E-state index is 0.100. The molecule has 154 valence electrons. The average Bonchev–Trinajstić information content (AvgIpc) is 3.25. The zero-order valence-corrected chi connectivity index (χ0v) is 16.8. The topological polar surface area (TPSA) is 74.3 Å². The van der Waals surface area contributed by atoms with Gasteiger partial charge in [-0.05, 0) is 60.7 Å². The Morgan fingerprint density at radius 1 is 1.14 bits per heavy atom. The van der Waals surface area contributed by atoms with Crippen LogP contribution >= 0.6 is 0 Å². The van der Waals surface area contributed by atoms with Crippen LogP contribution in [0.5, 0.6) is 0 Å². The summed E-state index contributed by atoms with van der Waals surface area (Å²) in [7, 11) is 0. The van der Waals surface area contributed by atoms with Crippen LogP contribution in [0.25, 0.3) is 0 Å². The van der Waals surface area contributed by atoms with Crippen LogP contribution < -0.4 is 15.5 Å². The molecule has 0 radical (unpaired) electrons. The van der Waals surface area contributed by atoms with Crippen molar-refractivity contribution in [1.82, 2.24) is 15.6 Å². The molecule has 2 N–H and O–H groups in total. The molecule has 29 heavy (non-hydrogen) atoms. The summed E-state index contributed by atoms with van der Waals surface area (Å²) in [5, 5.41) is 5.65. The van der Waals surface area contributed by atoms with E-state index >= 15 is 0 Å². The summed E-state index contributed by atoms with van der Waals surface area (Å²) in [6, 6.07) is 8.43. The van der Waals surface area contributed by atoms with Crippen molar-refractivity contribution >= 4 is 17.6 Å². The van der Waals surface area contributed by atoms with Crippen LogP contribution in [0.2, 0.25) is 0 Å². The number of nitrogens with zero attached hydrogens (tertiary/aromatic N) is 2. The zero-order chi connectivity index (χ0) is 20.8. The molecule has 2 heterocycles. The third kappa shape index (κ3) is 5.53. The largest absolute Gasteiger partial charge is 0.357 e. The van der Waals surface area contributed by atoms with Crippen molar-refractivity contribution in [3.05, 3.63) is 59.5 Å².